The lowest BCUT2D eigenvalue weighted by molar-refractivity contribution is 0.0597. The molecule has 1 aromatic heterocycles. The number of carbonyl (C=O) groups is 2. The standard InChI is InChI=1S/C26H27N3O2/c30-24(21-7-2-1-3-8-21)28-26(18-19-10-11-19)13-16-29(17-14-26)25(31)23-22-9-5-4-6-20(22)12-15-27-23/h1-9,12,15,19H,10-11,13-14,16-18H2,(H,28,30). The average Bonchev–Trinajstić information content (AvgIpc) is 3.63. The molecule has 1 saturated carbocycles. The molecule has 1 N–H and O–H groups in total. The number of aromatic nitrogens is 1. The second-order valence-corrected chi connectivity index (χ2v) is 8.92. The molecule has 5 rings (SSSR count). The fraction of sp³-hybridized carbons (Fsp3) is 0.346. The Hall–Kier alpha value is -3.21. The molecule has 0 atom stereocenters. The lowest BCUT2D eigenvalue weighted by Gasteiger charge is -2.42. The molecule has 3 aromatic rings. The molecule has 1 aliphatic heterocycles. The number of piperidine rings is 1. The molecule has 0 spiro atoms. The maximum Gasteiger partial charge on any atom is 0.273 e. The number of carbonyl (C=O) groups excluding carboxylic acids is 2. The molecule has 31 heavy (non-hydrogen) atoms. The topological polar surface area (TPSA) is 62.3 Å². The van der Waals surface area contributed by atoms with Crippen molar-refractivity contribution in [3.8, 4) is 0 Å². The van der Waals surface area contributed by atoms with Gasteiger partial charge in [0, 0.05) is 35.8 Å². The lowest BCUT2D eigenvalue weighted by Crippen LogP contribution is -2.56. The van der Waals surface area contributed by atoms with Crippen LogP contribution in [-0.2, 0) is 0 Å². The van der Waals surface area contributed by atoms with Gasteiger partial charge in [-0.3, -0.25) is 14.6 Å². The quantitative estimate of drug-likeness (QED) is 0.673. The third kappa shape index (κ3) is 4.18. The highest BCUT2D eigenvalue weighted by atomic mass is 16.2. The van der Waals surface area contributed by atoms with Crippen LogP contribution in [0.2, 0.25) is 0 Å². The molecular weight excluding hydrogens is 386 g/mol. The van der Waals surface area contributed by atoms with Crippen molar-refractivity contribution in [2.24, 2.45) is 5.92 Å². The molecule has 2 aromatic carbocycles. The van der Waals surface area contributed by atoms with Crippen molar-refractivity contribution >= 4 is 22.6 Å². The van der Waals surface area contributed by atoms with Gasteiger partial charge in [-0.1, -0.05) is 55.3 Å². The number of nitrogens with zero attached hydrogens (tertiary/aromatic N) is 2. The van der Waals surface area contributed by atoms with Gasteiger partial charge in [0.2, 0.25) is 0 Å². The van der Waals surface area contributed by atoms with E-state index in [1.54, 1.807) is 6.20 Å². The average molecular weight is 414 g/mol. The Morgan fingerprint density at radius 1 is 0.968 bits per heavy atom. The maximum atomic E-state index is 13.3. The van der Waals surface area contributed by atoms with Crippen molar-refractivity contribution in [2.75, 3.05) is 13.1 Å². The van der Waals surface area contributed by atoms with E-state index >= 15 is 0 Å². The molecular formula is C26H27N3O2. The van der Waals surface area contributed by atoms with Crippen LogP contribution in [0.1, 0.15) is 53.0 Å². The zero-order valence-electron chi connectivity index (χ0n) is 17.6. The Kier molecular flexibility index (Phi) is 5.18. The summed E-state index contributed by atoms with van der Waals surface area (Å²) in [5.74, 6) is 0.654. The summed E-state index contributed by atoms with van der Waals surface area (Å²) in [5, 5.41) is 5.27. The third-order valence-electron chi connectivity index (χ3n) is 6.67. The number of hydrogen-bond acceptors (Lipinski definition) is 3. The molecule has 5 heteroatoms. The van der Waals surface area contributed by atoms with Crippen LogP contribution >= 0.6 is 0 Å². The summed E-state index contributed by atoms with van der Waals surface area (Å²) >= 11 is 0. The number of fused-ring (bicyclic) bond motifs is 1. The Bertz CT molecular complexity index is 1090. The summed E-state index contributed by atoms with van der Waals surface area (Å²) in [5.41, 5.74) is 0.967. The monoisotopic (exact) mass is 413 g/mol. The summed E-state index contributed by atoms with van der Waals surface area (Å²) in [7, 11) is 0. The summed E-state index contributed by atoms with van der Waals surface area (Å²) in [6.45, 7) is 1.26. The van der Waals surface area contributed by atoms with Gasteiger partial charge in [0.15, 0.2) is 0 Å². The number of benzene rings is 2. The van der Waals surface area contributed by atoms with E-state index < -0.39 is 0 Å². The number of hydrogen-bond donors (Lipinski definition) is 1. The summed E-state index contributed by atoms with van der Waals surface area (Å²) in [6.07, 6.45) is 6.74. The Balaban J connectivity index is 1.32. The van der Waals surface area contributed by atoms with E-state index in [0.29, 0.717) is 30.3 Å². The smallest absolute Gasteiger partial charge is 0.273 e. The number of amides is 2. The van der Waals surface area contributed by atoms with Gasteiger partial charge in [-0.15, -0.1) is 0 Å². The van der Waals surface area contributed by atoms with Crippen LogP contribution in [0, 0.1) is 5.92 Å². The largest absolute Gasteiger partial charge is 0.346 e. The first-order valence-corrected chi connectivity index (χ1v) is 11.1. The molecule has 1 saturated heterocycles. The first kappa shape index (κ1) is 19.7. The second kappa shape index (κ2) is 8.14. The predicted octanol–water partition coefficient (Wildman–Crippen LogP) is 4.44. The summed E-state index contributed by atoms with van der Waals surface area (Å²) in [6, 6.07) is 19.2. The Morgan fingerprint density at radius 2 is 1.68 bits per heavy atom. The highest BCUT2D eigenvalue weighted by Crippen LogP contribution is 2.41. The zero-order valence-corrected chi connectivity index (χ0v) is 17.6. The van der Waals surface area contributed by atoms with Gasteiger partial charge in [0.25, 0.3) is 11.8 Å². The van der Waals surface area contributed by atoms with E-state index in [0.717, 1.165) is 30.0 Å². The first-order chi connectivity index (χ1) is 15.1. The van der Waals surface area contributed by atoms with Crippen LogP contribution in [0.3, 0.4) is 0 Å². The van der Waals surface area contributed by atoms with Crippen molar-refractivity contribution in [3.05, 3.63) is 78.1 Å². The summed E-state index contributed by atoms with van der Waals surface area (Å²) in [4.78, 5) is 32.5. The molecule has 0 bridgehead atoms. The predicted molar refractivity (Wildman–Crippen MR) is 121 cm³/mol. The van der Waals surface area contributed by atoms with E-state index in [1.807, 2.05) is 65.6 Å². The number of rotatable bonds is 5. The van der Waals surface area contributed by atoms with Crippen LogP contribution in [0.25, 0.3) is 10.8 Å². The maximum absolute atomic E-state index is 13.3. The minimum absolute atomic E-state index is 0.0169. The van der Waals surface area contributed by atoms with Gasteiger partial charge in [0.05, 0.1) is 0 Å². The number of likely N-dealkylation sites (tertiary alicyclic amines) is 1. The van der Waals surface area contributed by atoms with E-state index in [-0.39, 0.29) is 17.4 Å². The molecule has 2 heterocycles. The molecule has 2 amide bonds. The number of nitrogens with one attached hydrogen (secondary N) is 1. The fourth-order valence-corrected chi connectivity index (χ4v) is 4.73. The van der Waals surface area contributed by atoms with Gasteiger partial charge in [-0.2, -0.15) is 0 Å². The molecule has 5 nitrogen and oxygen atoms in total. The molecule has 2 aliphatic rings. The molecule has 0 unspecified atom stereocenters. The minimum atomic E-state index is -0.239. The number of pyridine rings is 1. The van der Waals surface area contributed by atoms with E-state index in [2.05, 4.69) is 10.3 Å². The molecule has 0 radical (unpaired) electrons. The van der Waals surface area contributed by atoms with Crippen molar-refractivity contribution in [2.45, 2.75) is 37.6 Å². The minimum Gasteiger partial charge on any atom is -0.346 e. The van der Waals surface area contributed by atoms with Gasteiger partial charge in [-0.25, -0.2) is 0 Å². The van der Waals surface area contributed by atoms with E-state index in [9.17, 15) is 9.59 Å². The highest BCUT2D eigenvalue weighted by molar-refractivity contribution is 6.05. The van der Waals surface area contributed by atoms with Crippen LogP contribution in [0.4, 0.5) is 0 Å². The van der Waals surface area contributed by atoms with Crippen molar-refractivity contribution in [1.29, 1.82) is 0 Å². The van der Waals surface area contributed by atoms with Crippen LogP contribution < -0.4 is 5.32 Å². The zero-order chi connectivity index (χ0) is 21.3. The van der Waals surface area contributed by atoms with E-state index in [4.69, 9.17) is 0 Å². The highest BCUT2D eigenvalue weighted by Gasteiger charge is 2.41. The second-order valence-electron chi connectivity index (χ2n) is 8.92. The SMILES string of the molecule is O=C(NC1(CC2CC2)CCN(C(=O)c2nccc3ccccc23)CC1)c1ccccc1. The van der Waals surface area contributed by atoms with Gasteiger partial charge >= 0.3 is 0 Å². The summed E-state index contributed by atoms with van der Waals surface area (Å²) < 4.78 is 0. The fourth-order valence-electron chi connectivity index (χ4n) is 4.73. The van der Waals surface area contributed by atoms with Crippen molar-refractivity contribution in [3.63, 3.8) is 0 Å². The third-order valence-corrected chi connectivity index (χ3v) is 6.67. The van der Waals surface area contributed by atoms with Crippen molar-refractivity contribution < 1.29 is 9.59 Å². The van der Waals surface area contributed by atoms with Crippen LogP contribution in [0.15, 0.2) is 66.9 Å². The lowest BCUT2D eigenvalue weighted by atomic mass is 9.82. The van der Waals surface area contributed by atoms with Crippen LogP contribution in [0.5, 0.6) is 0 Å². The Morgan fingerprint density at radius 3 is 2.42 bits per heavy atom. The normalized spacial score (nSPS) is 18.0. The Labute approximate surface area is 182 Å². The van der Waals surface area contributed by atoms with E-state index in [1.165, 1.54) is 12.8 Å². The molecule has 2 fully saturated rings. The van der Waals surface area contributed by atoms with Gasteiger partial charge in [-0.05, 0) is 48.8 Å². The first-order valence-electron chi connectivity index (χ1n) is 11.1. The molecule has 1 aliphatic carbocycles. The van der Waals surface area contributed by atoms with Gasteiger partial charge < -0.3 is 10.2 Å². The van der Waals surface area contributed by atoms with Crippen molar-refractivity contribution in [1.82, 2.24) is 15.2 Å². The molecule has 158 valence electrons. The van der Waals surface area contributed by atoms with Gasteiger partial charge in [0.1, 0.15) is 5.69 Å². The van der Waals surface area contributed by atoms with Crippen LogP contribution in [-0.4, -0.2) is 40.3 Å².